The number of fused-ring (bicyclic) bond motifs is 1. The van der Waals surface area contributed by atoms with Crippen LogP contribution in [0.4, 0.5) is 21.9 Å². The molecule has 0 radical (unpaired) electrons. The van der Waals surface area contributed by atoms with E-state index in [1.54, 1.807) is 29.2 Å². The molecular formula is C18H19N3O2. The van der Waals surface area contributed by atoms with Crippen molar-refractivity contribution in [3.8, 4) is 0 Å². The molecule has 0 saturated heterocycles. The molecule has 0 bridgehead atoms. The van der Waals surface area contributed by atoms with Crippen LogP contribution in [-0.4, -0.2) is 18.0 Å². The number of anilines is 3. The molecule has 118 valence electrons. The maximum atomic E-state index is 12.6. The predicted octanol–water partition coefficient (Wildman–Crippen LogP) is 3.63. The Morgan fingerprint density at radius 3 is 2.48 bits per heavy atom. The Labute approximate surface area is 135 Å². The number of rotatable bonds is 2. The van der Waals surface area contributed by atoms with Gasteiger partial charge in [0.1, 0.15) is 0 Å². The lowest BCUT2D eigenvalue weighted by atomic mass is 10.1. The van der Waals surface area contributed by atoms with E-state index < -0.39 is 0 Å². The molecule has 0 aromatic heterocycles. The van der Waals surface area contributed by atoms with Gasteiger partial charge in [0.05, 0.1) is 0 Å². The summed E-state index contributed by atoms with van der Waals surface area (Å²) in [6, 6.07) is 15.0. The minimum absolute atomic E-state index is 0.117. The Balaban J connectivity index is 1.78. The Kier molecular flexibility index (Phi) is 4.02. The van der Waals surface area contributed by atoms with Crippen LogP contribution < -0.4 is 15.5 Å². The van der Waals surface area contributed by atoms with Gasteiger partial charge in [0.2, 0.25) is 5.91 Å². The molecule has 1 heterocycles. The lowest BCUT2D eigenvalue weighted by molar-refractivity contribution is -0.114. The van der Waals surface area contributed by atoms with Gasteiger partial charge in [0.15, 0.2) is 0 Å². The van der Waals surface area contributed by atoms with E-state index in [2.05, 4.69) is 16.7 Å². The fourth-order valence-corrected chi connectivity index (χ4v) is 2.94. The van der Waals surface area contributed by atoms with Crippen LogP contribution in [0.15, 0.2) is 48.5 Å². The number of hydrogen-bond donors (Lipinski definition) is 2. The fraction of sp³-hybridized carbons (Fsp3) is 0.222. The predicted molar refractivity (Wildman–Crippen MR) is 91.9 cm³/mol. The van der Waals surface area contributed by atoms with Gasteiger partial charge in [0.25, 0.3) is 0 Å². The van der Waals surface area contributed by atoms with E-state index in [4.69, 9.17) is 0 Å². The number of hydrogen-bond acceptors (Lipinski definition) is 2. The van der Waals surface area contributed by atoms with Crippen LogP contribution in [0.2, 0.25) is 0 Å². The van der Waals surface area contributed by atoms with Crippen molar-refractivity contribution in [2.45, 2.75) is 26.3 Å². The van der Waals surface area contributed by atoms with Crippen molar-refractivity contribution in [1.82, 2.24) is 0 Å². The molecule has 5 heteroatoms. The maximum Gasteiger partial charge on any atom is 0.326 e. The highest BCUT2D eigenvalue weighted by Gasteiger charge is 2.30. The minimum Gasteiger partial charge on any atom is -0.326 e. The molecule has 0 aliphatic carbocycles. The number of carbonyl (C=O) groups is 2. The standard InChI is InChI=1S/C18H19N3O2/c1-12-10-14-6-3-4-9-17(14)21(12)18(23)20-16-8-5-7-15(11-16)19-13(2)22/h3-9,11-12H,10H2,1-2H3,(H,19,22)(H,20,23). The van der Waals surface area contributed by atoms with Crippen molar-refractivity contribution < 1.29 is 9.59 Å². The number of para-hydroxylation sites is 1. The van der Waals surface area contributed by atoms with Gasteiger partial charge in [-0.2, -0.15) is 0 Å². The summed E-state index contributed by atoms with van der Waals surface area (Å²) < 4.78 is 0. The van der Waals surface area contributed by atoms with Crippen LogP contribution in [-0.2, 0) is 11.2 Å². The quantitative estimate of drug-likeness (QED) is 0.890. The lowest BCUT2D eigenvalue weighted by Crippen LogP contribution is -2.39. The van der Waals surface area contributed by atoms with Gasteiger partial charge in [-0.25, -0.2) is 4.79 Å². The number of nitrogens with zero attached hydrogens (tertiary/aromatic N) is 1. The third kappa shape index (κ3) is 3.18. The number of carbonyl (C=O) groups excluding carboxylic acids is 2. The molecule has 2 N–H and O–H groups in total. The zero-order valence-electron chi connectivity index (χ0n) is 13.2. The molecule has 5 nitrogen and oxygen atoms in total. The molecule has 1 aliphatic heterocycles. The average Bonchev–Trinajstić information content (AvgIpc) is 2.82. The van der Waals surface area contributed by atoms with Crippen LogP contribution in [0.1, 0.15) is 19.4 Å². The van der Waals surface area contributed by atoms with Crippen LogP contribution in [0.5, 0.6) is 0 Å². The van der Waals surface area contributed by atoms with Crippen molar-refractivity contribution in [2.75, 3.05) is 15.5 Å². The molecule has 3 amide bonds. The summed E-state index contributed by atoms with van der Waals surface area (Å²) in [5.41, 5.74) is 3.45. The molecule has 0 fully saturated rings. The summed E-state index contributed by atoms with van der Waals surface area (Å²) in [5.74, 6) is -0.143. The number of nitrogens with one attached hydrogen (secondary N) is 2. The molecular weight excluding hydrogens is 290 g/mol. The highest BCUT2D eigenvalue weighted by atomic mass is 16.2. The zero-order valence-corrected chi connectivity index (χ0v) is 13.2. The van der Waals surface area contributed by atoms with E-state index in [9.17, 15) is 9.59 Å². The van der Waals surface area contributed by atoms with E-state index in [0.29, 0.717) is 11.4 Å². The van der Waals surface area contributed by atoms with E-state index in [1.807, 2.05) is 25.1 Å². The molecule has 3 rings (SSSR count). The zero-order chi connectivity index (χ0) is 16.4. The van der Waals surface area contributed by atoms with Gasteiger partial charge in [0, 0.05) is 30.0 Å². The Morgan fingerprint density at radius 2 is 1.74 bits per heavy atom. The average molecular weight is 309 g/mol. The second-order valence-electron chi connectivity index (χ2n) is 5.74. The van der Waals surface area contributed by atoms with Crippen LogP contribution >= 0.6 is 0 Å². The minimum atomic E-state index is -0.164. The van der Waals surface area contributed by atoms with Gasteiger partial charge in [-0.05, 0) is 43.2 Å². The molecule has 0 spiro atoms. The van der Waals surface area contributed by atoms with Crippen LogP contribution in [0.25, 0.3) is 0 Å². The van der Waals surface area contributed by atoms with E-state index in [-0.39, 0.29) is 18.0 Å². The van der Waals surface area contributed by atoms with Gasteiger partial charge in [-0.3, -0.25) is 9.69 Å². The van der Waals surface area contributed by atoms with Crippen molar-refractivity contribution in [1.29, 1.82) is 0 Å². The Bertz CT molecular complexity index is 757. The van der Waals surface area contributed by atoms with Gasteiger partial charge < -0.3 is 10.6 Å². The summed E-state index contributed by atoms with van der Waals surface area (Å²) in [7, 11) is 0. The van der Waals surface area contributed by atoms with Crippen molar-refractivity contribution >= 4 is 29.0 Å². The third-order valence-corrected chi connectivity index (χ3v) is 3.86. The lowest BCUT2D eigenvalue weighted by Gasteiger charge is -2.23. The largest absolute Gasteiger partial charge is 0.326 e. The van der Waals surface area contributed by atoms with Gasteiger partial charge in [-0.15, -0.1) is 0 Å². The topological polar surface area (TPSA) is 61.4 Å². The first-order valence-electron chi connectivity index (χ1n) is 7.60. The molecule has 1 atom stereocenters. The summed E-state index contributed by atoms with van der Waals surface area (Å²) in [6.07, 6.45) is 0.857. The second kappa shape index (κ2) is 6.12. The number of benzene rings is 2. The van der Waals surface area contributed by atoms with E-state index in [0.717, 1.165) is 12.1 Å². The monoisotopic (exact) mass is 309 g/mol. The highest BCUT2D eigenvalue weighted by Crippen LogP contribution is 2.32. The van der Waals surface area contributed by atoms with E-state index >= 15 is 0 Å². The SMILES string of the molecule is CC(=O)Nc1cccc(NC(=O)N2c3ccccc3CC2C)c1. The summed E-state index contributed by atoms with van der Waals surface area (Å²) in [5, 5.41) is 5.61. The molecule has 23 heavy (non-hydrogen) atoms. The first kappa shape index (κ1) is 15.1. The Morgan fingerprint density at radius 1 is 1.04 bits per heavy atom. The number of amides is 3. The first-order chi connectivity index (χ1) is 11.0. The normalized spacial score (nSPS) is 15.9. The maximum absolute atomic E-state index is 12.6. The number of urea groups is 1. The summed E-state index contributed by atoms with van der Waals surface area (Å²) >= 11 is 0. The fourth-order valence-electron chi connectivity index (χ4n) is 2.94. The Hall–Kier alpha value is -2.82. The van der Waals surface area contributed by atoms with Crippen molar-refractivity contribution in [2.24, 2.45) is 0 Å². The molecule has 2 aromatic carbocycles. The van der Waals surface area contributed by atoms with Crippen molar-refractivity contribution in [3.05, 3.63) is 54.1 Å². The third-order valence-electron chi connectivity index (χ3n) is 3.86. The molecule has 0 saturated carbocycles. The smallest absolute Gasteiger partial charge is 0.326 e. The summed E-state index contributed by atoms with van der Waals surface area (Å²) in [4.78, 5) is 25.6. The first-order valence-corrected chi connectivity index (χ1v) is 7.60. The molecule has 1 aliphatic rings. The molecule has 2 aromatic rings. The van der Waals surface area contributed by atoms with E-state index in [1.165, 1.54) is 12.5 Å². The molecule has 1 unspecified atom stereocenters. The van der Waals surface area contributed by atoms with Gasteiger partial charge >= 0.3 is 6.03 Å². The van der Waals surface area contributed by atoms with Gasteiger partial charge in [-0.1, -0.05) is 24.3 Å². The van der Waals surface area contributed by atoms with Crippen LogP contribution in [0, 0.1) is 0 Å². The summed E-state index contributed by atoms with van der Waals surface area (Å²) in [6.45, 7) is 3.49. The van der Waals surface area contributed by atoms with Crippen molar-refractivity contribution in [3.63, 3.8) is 0 Å². The second-order valence-corrected chi connectivity index (χ2v) is 5.74. The highest BCUT2D eigenvalue weighted by molar-refractivity contribution is 6.04. The van der Waals surface area contributed by atoms with Crippen LogP contribution in [0.3, 0.4) is 0 Å².